The second kappa shape index (κ2) is 9.46. The number of amides is 1. The molecule has 1 amide bonds. The van der Waals surface area contributed by atoms with Gasteiger partial charge in [-0.1, -0.05) is 0 Å². The van der Waals surface area contributed by atoms with E-state index in [0.29, 0.717) is 24.9 Å². The number of hydrogen-bond acceptors (Lipinski definition) is 6. The highest BCUT2D eigenvalue weighted by Crippen LogP contribution is 2.32. The van der Waals surface area contributed by atoms with E-state index in [1.165, 1.54) is 28.6 Å². The SMILES string of the molecule is CCOC(=O)c1ccc(S(=O)(=O)N2CCC(C(=O)N(Cc3ccco3)C3CC3)CC2)cc1. The number of nitrogens with zero attached hydrogens (tertiary/aromatic N) is 2. The van der Waals surface area contributed by atoms with Crippen molar-refractivity contribution < 1.29 is 27.2 Å². The molecule has 0 atom stereocenters. The molecule has 1 aliphatic carbocycles. The fourth-order valence-corrected chi connectivity index (χ4v) is 5.52. The maximum atomic E-state index is 13.2. The van der Waals surface area contributed by atoms with Gasteiger partial charge in [0, 0.05) is 25.0 Å². The van der Waals surface area contributed by atoms with Gasteiger partial charge >= 0.3 is 5.97 Å². The Bertz CT molecular complexity index is 1040. The maximum absolute atomic E-state index is 13.2. The monoisotopic (exact) mass is 460 g/mol. The highest BCUT2D eigenvalue weighted by molar-refractivity contribution is 7.89. The Hall–Kier alpha value is -2.65. The standard InChI is InChI=1S/C23H28N2O6S/c1-2-30-23(27)18-5-9-21(10-6-18)32(28,29)24-13-11-17(12-14-24)22(26)25(19-7-8-19)16-20-4-3-15-31-20/h3-6,9-10,15,17,19H,2,7-8,11-14,16H2,1H3. The molecule has 1 saturated heterocycles. The Kier molecular flexibility index (Phi) is 6.66. The van der Waals surface area contributed by atoms with E-state index in [1.807, 2.05) is 17.0 Å². The lowest BCUT2D eigenvalue weighted by Gasteiger charge is -2.33. The minimum atomic E-state index is -3.69. The fraction of sp³-hybridized carbons (Fsp3) is 0.478. The minimum absolute atomic E-state index is 0.0831. The zero-order valence-corrected chi connectivity index (χ0v) is 18.9. The molecule has 4 rings (SSSR count). The van der Waals surface area contributed by atoms with Crippen molar-refractivity contribution >= 4 is 21.9 Å². The Morgan fingerprint density at radius 3 is 2.34 bits per heavy atom. The molecular weight excluding hydrogens is 432 g/mol. The minimum Gasteiger partial charge on any atom is -0.467 e. The first-order chi connectivity index (χ1) is 15.4. The summed E-state index contributed by atoms with van der Waals surface area (Å²) in [6.45, 7) is 3.01. The molecule has 1 aromatic carbocycles. The number of piperidine rings is 1. The van der Waals surface area contributed by atoms with Crippen molar-refractivity contribution in [2.45, 2.75) is 50.1 Å². The number of hydrogen-bond donors (Lipinski definition) is 0. The van der Waals surface area contributed by atoms with Crippen LogP contribution in [-0.2, 0) is 26.1 Å². The van der Waals surface area contributed by atoms with Crippen LogP contribution in [-0.4, -0.2) is 55.2 Å². The van der Waals surface area contributed by atoms with Crippen molar-refractivity contribution in [1.82, 2.24) is 9.21 Å². The predicted molar refractivity (Wildman–Crippen MR) is 116 cm³/mol. The molecule has 0 N–H and O–H groups in total. The summed E-state index contributed by atoms with van der Waals surface area (Å²) in [5.41, 5.74) is 0.312. The highest BCUT2D eigenvalue weighted by Gasteiger charge is 2.39. The Morgan fingerprint density at radius 1 is 1.09 bits per heavy atom. The number of esters is 1. The molecule has 2 aromatic rings. The van der Waals surface area contributed by atoms with Crippen molar-refractivity contribution in [1.29, 1.82) is 0 Å². The van der Waals surface area contributed by atoms with Gasteiger partial charge in [-0.3, -0.25) is 4.79 Å². The lowest BCUT2D eigenvalue weighted by molar-refractivity contribution is -0.138. The zero-order valence-electron chi connectivity index (χ0n) is 18.1. The molecule has 2 aliphatic rings. The lowest BCUT2D eigenvalue weighted by atomic mass is 9.96. The molecule has 2 fully saturated rings. The van der Waals surface area contributed by atoms with E-state index >= 15 is 0 Å². The second-order valence-electron chi connectivity index (χ2n) is 8.20. The number of furan rings is 1. The highest BCUT2D eigenvalue weighted by atomic mass is 32.2. The van der Waals surface area contributed by atoms with E-state index in [1.54, 1.807) is 13.2 Å². The van der Waals surface area contributed by atoms with E-state index in [2.05, 4.69) is 0 Å². The number of rotatable bonds is 8. The van der Waals surface area contributed by atoms with Gasteiger partial charge in [0.2, 0.25) is 15.9 Å². The van der Waals surface area contributed by atoms with E-state index in [4.69, 9.17) is 9.15 Å². The van der Waals surface area contributed by atoms with Crippen molar-refractivity contribution in [3.8, 4) is 0 Å². The van der Waals surface area contributed by atoms with E-state index in [-0.39, 0.29) is 42.5 Å². The predicted octanol–water partition coefficient (Wildman–Crippen LogP) is 3.05. The molecule has 8 nitrogen and oxygen atoms in total. The Balaban J connectivity index is 1.38. The molecule has 32 heavy (non-hydrogen) atoms. The smallest absolute Gasteiger partial charge is 0.338 e. The fourth-order valence-electron chi connectivity index (χ4n) is 4.05. The largest absolute Gasteiger partial charge is 0.467 e. The molecule has 0 bridgehead atoms. The molecule has 9 heteroatoms. The van der Waals surface area contributed by atoms with E-state index < -0.39 is 16.0 Å². The summed E-state index contributed by atoms with van der Waals surface area (Å²) >= 11 is 0. The van der Waals surface area contributed by atoms with Crippen LogP contribution in [0.5, 0.6) is 0 Å². The van der Waals surface area contributed by atoms with Crippen LogP contribution in [0.3, 0.4) is 0 Å². The van der Waals surface area contributed by atoms with Gasteiger partial charge in [0.05, 0.1) is 29.9 Å². The molecule has 1 aromatic heterocycles. The van der Waals surface area contributed by atoms with Gasteiger partial charge in [0.15, 0.2) is 0 Å². The number of sulfonamides is 1. The topological polar surface area (TPSA) is 97.1 Å². The van der Waals surface area contributed by atoms with Crippen molar-refractivity contribution in [2.75, 3.05) is 19.7 Å². The molecule has 172 valence electrons. The van der Waals surface area contributed by atoms with Crippen molar-refractivity contribution in [3.05, 3.63) is 54.0 Å². The summed E-state index contributed by atoms with van der Waals surface area (Å²) in [4.78, 5) is 27.0. The molecule has 2 heterocycles. The Labute approximate surface area is 188 Å². The first-order valence-corrected chi connectivity index (χ1v) is 12.4. The maximum Gasteiger partial charge on any atom is 0.338 e. The van der Waals surface area contributed by atoms with Gasteiger partial charge in [0.25, 0.3) is 0 Å². The number of carbonyl (C=O) groups is 2. The first-order valence-electron chi connectivity index (χ1n) is 11.0. The van der Waals surface area contributed by atoms with Crippen LogP contribution < -0.4 is 0 Å². The normalized spacial score (nSPS) is 17.8. The molecule has 1 aliphatic heterocycles. The quantitative estimate of drug-likeness (QED) is 0.562. The van der Waals surface area contributed by atoms with Gasteiger partial charge in [-0.25, -0.2) is 13.2 Å². The van der Waals surface area contributed by atoms with E-state index in [0.717, 1.165) is 18.6 Å². The van der Waals surface area contributed by atoms with E-state index in [9.17, 15) is 18.0 Å². The Morgan fingerprint density at radius 2 is 1.78 bits per heavy atom. The zero-order chi connectivity index (χ0) is 22.7. The molecule has 0 radical (unpaired) electrons. The van der Waals surface area contributed by atoms with Crippen LogP contribution in [0.2, 0.25) is 0 Å². The van der Waals surface area contributed by atoms with Crippen LogP contribution in [0.4, 0.5) is 0 Å². The summed E-state index contributed by atoms with van der Waals surface area (Å²) in [5, 5.41) is 0. The van der Waals surface area contributed by atoms with Gasteiger partial charge < -0.3 is 14.1 Å². The van der Waals surface area contributed by atoms with Crippen LogP contribution in [0.15, 0.2) is 52.0 Å². The third kappa shape index (κ3) is 4.88. The number of benzene rings is 1. The molecule has 0 spiro atoms. The first kappa shape index (κ1) is 22.5. The van der Waals surface area contributed by atoms with Gasteiger partial charge in [-0.2, -0.15) is 4.31 Å². The summed E-state index contributed by atoms with van der Waals surface area (Å²) in [7, 11) is -3.69. The second-order valence-corrected chi connectivity index (χ2v) is 10.1. The lowest BCUT2D eigenvalue weighted by Crippen LogP contribution is -2.44. The summed E-state index contributed by atoms with van der Waals surface area (Å²) in [5.74, 6) is 0.171. The number of ether oxygens (including phenoxy) is 1. The van der Waals surface area contributed by atoms with Gasteiger partial charge in [-0.15, -0.1) is 0 Å². The summed E-state index contributed by atoms with van der Waals surface area (Å²) < 4.78 is 37.8. The van der Waals surface area contributed by atoms with Crippen LogP contribution in [0.1, 0.15) is 48.7 Å². The van der Waals surface area contributed by atoms with Crippen molar-refractivity contribution in [2.24, 2.45) is 5.92 Å². The van der Waals surface area contributed by atoms with Crippen molar-refractivity contribution in [3.63, 3.8) is 0 Å². The van der Waals surface area contributed by atoms with Crippen LogP contribution >= 0.6 is 0 Å². The third-order valence-corrected chi connectivity index (χ3v) is 7.90. The average molecular weight is 461 g/mol. The number of carbonyl (C=O) groups excluding carboxylic acids is 2. The third-order valence-electron chi connectivity index (χ3n) is 5.98. The van der Waals surface area contributed by atoms with Gasteiger partial charge in [0.1, 0.15) is 5.76 Å². The van der Waals surface area contributed by atoms with Crippen LogP contribution in [0.25, 0.3) is 0 Å². The molecular formula is C23H28N2O6S. The summed E-state index contributed by atoms with van der Waals surface area (Å²) in [6, 6.07) is 9.71. The van der Waals surface area contributed by atoms with Crippen LogP contribution in [0, 0.1) is 5.92 Å². The van der Waals surface area contributed by atoms with Gasteiger partial charge in [-0.05, 0) is 69.0 Å². The average Bonchev–Trinajstić information content (AvgIpc) is 3.52. The molecule has 0 unspecified atom stereocenters. The molecule has 1 saturated carbocycles. The summed E-state index contributed by atoms with van der Waals surface area (Å²) in [6.07, 6.45) is 4.58.